The van der Waals surface area contributed by atoms with Gasteiger partial charge in [0, 0.05) is 15.1 Å². The topological polar surface area (TPSA) is 38.1 Å². The lowest BCUT2D eigenvalue weighted by atomic mass is 10.2. The molecule has 1 N–H and O–H groups in total. The van der Waals surface area contributed by atoms with Gasteiger partial charge < -0.3 is 9.73 Å². The number of oxazole rings is 1. The monoisotopic (exact) mass is 342 g/mol. The third kappa shape index (κ3) is 3.59. The third-order valence-electron chi connectivity index (χ3n) is 2.79. The van der Waals surface area contributed by atoms with Crippen LogP contribution in [0.5, 0.6) is 0 Å². The molecule has 0 amide bonds. The summed E-state index contributed by atoms with van der Waals surface area (Å²) >= 11 is 9.50. The van der Waals surface area contributed by atoms with E-state index >= 15 is 0 Å². The Morgan fingerprint density at radius 3 is 3.00 bits per heavy atom. The molecule has 0 fully saturated rings. The summed E-state index contributed by atoms with van der Waals surface area (Å²) in [5.74, 6) is 1.41. The SMILES string of the molecule is CCCNC(C)c1ncc(-c2cc(Cl)ccc2Br)o1. The van der Waals surface area contributed by atoms with Gasteiger partial charge in [-0.3, -0.25) is 0 Å². The first-order chi connectivity index (χ1) is 9.11. The quantitative estimate of drug-likeness (QED) is 0.846. The van der Waals surface area contributed by atoms with Gasteiger partial charge in [-0.15, -0.1) is 0 Å². The van der Waals surface area contributed by atoms with Crippen LogP contribution in [-0.4, -0.2) is 11.5 Å². The number of hydrogen-bond acceptors (Lipinski definition) is 3. The highest BCUT2D eigenvalue weighted by molar-refractivity contribution is 9.10. The third-order valence-corrected chi connectivity index (χ3v) is 3.71. The summed E-state index contributed by atoms with van der Waals surface area (Å²) in [6, 6.07) is 5.70. The Morgan fingerprint density at radius 1 is 1.47 bits per heavy atom. The summed E-state index contributed by atoms with van der Waals surface area (Å²) in [5.41, 5.74) is 0.911. The maximum absolute atomic E-state index is 6.01. The van der Waals surface area contributed by atoms with Crippen LogP contribution in [0.4, 0.5) is 0 Å². The molecule has 1 atom stereocenters. The molecule has 1 aromatic carbocycles. The van der Waals surface area contributed by atoms with E-state index in [1.54, 1.807) is 6.20 Å². The summed E-state index contributed by atoms with van der Waals surface area (Å²) < 4.78 is 6.74. The van der Waals surface area contributed by atoms with Gasteiger partial charge in [0.15, 0.2) is 5.76 Å². The van der Waals surface area contributed by atoms with Crippen LogP contribution < -0.4 is 5.32 Å². The van der Waals surface area contributed by atoms with E-state index in [1.165, 1.54) is 0 Å². The average Bonchev–Trinajstić information content (AvgIpc) is 2.88. The molecule has 0 saturated carbocycles. The zero-order valence-corrected chi connectivity index (χ0v) is 13.3. The van der Waals surface area contributed by atoms with E-state index in [0.717, 1.165) is 28.8 Å². The molecule has 1 unspecified atom stereocenters. The van der Waals surface area contributed by atoms with Crippen molar-refractivity contribution in [2.45, 2.75) is 26.3 Å². The molecule has 2 aromatic rings. The highest BCUT2D eigenvalue weighted by atomic mass is 79.9. The summed E-state index contributed by atoms with van der Waals surface area (Å²) in [6.45, 7) is 5.11. The normalized spacial score (nSPS) is 12.6. The lowest BCUT2D eigenvalue weighted by Gasteiger charge is -2.08. The fraction of sp³-hybridized carbons (Fsp3) is 0.357. The minimum absolute atomic E-state index is 0.103. The molecule has 1 heterocycles. The van der Waals surface area contributed by atoms with Crippen LogP contribution >= 0.6 is 27.5 Å². The van der Waals surface area contributed by atoms with Crippen LogP contribution in [0.1, 0.15) is 32.2 Å². The highest BCUT2D eigenvalue weighted by Gasteiger charge is 2.14. The summed E-state index contributed by atoms with van der Waals surface area (Å²) in [5, 5.41) is 4.02. The minimum atomic E-state index is 0.103. The average molecular weight is 344 g/mol. The van der Waals surface area contributed by atoms with Gasteiger partial charge in [0.05, 0.1) is 12.2 Å². The van der Waals surface area contributed by atoms with Crippen molar-refractivity contribution in [1.29, 1.82) is 0 Å². The molecule has 0 saturated heterocycles. The maximum atomic E-state index is 6.01. The fourth-order valence-electron chi connectivity index (χ4n) is 1.75. The Hall–Kier alpha value is -0.840. The second kappa shape index (κ2) is 6.55. The Labute approximate surface area is 126 Å². The maximum Gasteiger partial charge on any atom is 0.211 e. The van der Waals surface area contributed by atoms with Crippen molar-refractivity contribution in [3.05, 3.63) is 39.8 Å². The molecule has 5 heteroatoms. The molecule has 0 radical (unpaired) electrons. The zero-order valence-electron chi connectivity index (χ0n) is 10.9. The Balaban J connectivity index is 2.23. The van der Waals surface area contributed by atoms with E-state index in [2.05, 4.69) is 33.2 Å². The molecule has 1 aromatic heterocycles. The van der Waals surface area contributed by atoms with E-state index in [0.29, 0.717) is 10.9 Å². The molecule has 0 bridgehead atoms. The van der Waals surface area contributed by atoms with Crippen molar-refractivity contribution < 1.29 is 4.42 Å². The predicted octanol–water partition coefficient (Wildman–Crippen LogP) is 4.82. The van der Waals surface area contributed by atoms with Crippen molar-refractivity contribution in [2.75, 3.05) is 6.54 Å². The number of nitrogens with zero attached hydrogens (tertiary/aromatic N) is 1. The molecule has 102 valence electrons. The van der Waals surface area contributed by atoms with Crippen LogP contribution in [0.25, 0.3) is 11.3 Å². The van der Waals surface area contributed by atoms with Gasteiger partial charge in [0.2, 0.25) is 5.89 Å². The predicted molar refractivity (Wildman–Crippen MR) is 81.4 cm³/mol. The van der Waals surface area contributed by atoms with Gasteiger partial charge in [0.1, 0.15) is 0 Å². The lowest BCUT2D eigenvalue weighted by molar-refractivity contribution is 0.423. The van der Waals surface area contributed by atoms with Crippen LogP contribution in [-0.2, 0) is 0 Å². The number of benzene rings is 1. The van der Waals surface area contributed by atoms with E-state index < -0.39 is 0 Å². The molecular formula is C14H16BrClN2O. The van der Waals surface area contributed by atoms with Gasteiger partial charge in [-0.05, 0) is 38.1 Å². The smallest absolute Gasteiger partial charge is 0.211 e. The minimum Gasteiger partial charge on any atom is -0.439 e. The summed E-state index contributed by atoms with van der Waals surface area (Å²) in [6.07, 6.45) is 2.81. The molecular weight excluding hydrogens is 328 g/mol. The first-order valence-electron chi connectivity index (χ1n) is 6.26. The van der Waals surface area contributed by atoms with Gasteiger partial charge >= 0.3 is 0 Å². The van der Waals surface area contributed by atoms with Crippen molar-refractivity contribution >= 4 is 27.5 Å². The summed E-state index contributed by atoms with van der Waals surface area (Å²) in [7, 11) is 0. The number of nitrogens with one attached hydrogen (secondary N) is 1. The van der Waals surface area contributed by atoms with Gasteiger partial charge in [0.25, 0.3) is 0 Å². The molecule has 19 heavy (non-hydrogen) atoms. The van der Waals surface area contributed by atoms with Crippen molar-refractivity contribution in [2.24, 2.45) is 0 Å². The van der Waals surface area contributed by atoms with E-state index in [9.17, 15) is 0 Å². The Kier molecular flexibility index (Phi) is 5.02. The van der Waals surface area contributed by atoms with Crippen LogP contribution in [0.2, 0.25) is 5.02 Å². The Bertz CT molecular complexity index is 556. The summed E-state index contributed by atoms with van der Waals surface area (Å²) in [4.78, 5) is 4.32. The zero-order chi connectivity index (χ0) is 13.8. The lowest BCUT2D eigenvalue weighted by Crippen LogP contribution is -2.19. The van der Waals surface area contributed by atoms with Gasteiger partial charge in [-0.25, -0.2) is 4.98 Å². The number of hydrogen-bond donors (Lipinski definition) is 1. The molecule has 0 spiro atoms. The van der Waals surface area contributed by atoms with Crippen molar-refractivity contribution in [3.8, 4) is 11.3 Å². The number of halogens is 2. The van der Waals surface area contributed by atoms with E-state index in [-0.39, 0.29) is 6.04 Å². The van der Waals surface area contributed by atoms with Crippen LogP contribution in [0.15, 0.2) is 33.3 Å². The molecule has 0 aliphatic heterocycles. The number of rotatable bonds is 5. The van der Waals surface area contributed by atoms with Gasteiger partial charge in [-0.2, -0.15) is 0 Å². The number of aromatic nitrogens is 1. The van der Waals surface area contributed by atoms with E-state index in [4.69, 9.17) is 16.0 Å². The van der Waals surface area contributed by atoms with E-state index in [1.807, 2.05) is 25.1 Å². The largest absolute Gasteiger partial charge is 0.439 e. The second-order valence-electron chi connectivity index (χ2n) is 4.36. The molecule has 3 nitrogen and oxygen atoms in total. The molecule has 0 aliphatic rings. The molecule has 0 aliphatic carbocycles. The van der Waals surface area contributed by atoms with Crippen molar-refractivity contribution in [1.82, 2.24) is 10.3 Å². The van der Waals surface area contributed by atoms with Crippen LogP contribution in [0, 0.1) is 0 Å². The first kappa shape index (κ1) is 14.6. The fourth-order valence-corrected chi connectivity index (χ4v) is 2.36. The first-order valence-corrected chi connectivity index (χ1v) is 7.43. The van der Waals surface area contributed by atoms with Crippen molar-refractivity contribution in [3.63, 3.8) is 0 Å². The van der Waals surface area contributed by atoms with Crippen LogP contribution in [0.3, 0.4) is 0 Å². The van der Waals surface area contributed by atoms with Gasteiger partial charge in [-0.1, -0.05) is 34.5 Å². The standard InChI is InChI=1S/C14H16BrClN2O/c1-3-6-17-9(2)14-18-8-13(19-14)11-7-10(16)4-5-12(11)15/h4-5,7-9,17H,3,6H2,1-2H3. The highest BCUT2D eigenvalue weighted by Crippen LogP contribution is 2.32. The second-order valence-corrected chi connectivity index (χ2v) is 5.65. The molecule has 2 rings (SSSR count). The Morgan fingerprint density at radius 2 is 2.26 bits per heavy atom.